The molecule has 1 unspecified atom stereocenters. The van der Waals surface area contributed by atoms with Crippen LogP contribution in [0.1, 0.15) is 63.1 Å². The average Bonchev–Trinajstić information content (AvgIpc) is 3.06. The number of aryl methyl sites for hydroxylation is 1. The number of hydrogen-bond donors (Lipinski definition) is 2. The van der Waals surface area contributed by atoms with Gasteiger partial charge in [0.1, 0.15) is 5.82 Å². The lowest BCUT2D eigenvalue weighted by atomic mass is 9.92. The number of hydrogen-bond acceptors (Lipinski definition) is 4. The van der Waals surface area contributed by atoms with E-state index < -0.39 is 0 Å². The molecule has 0 radical (unpaired) electrons. The number of anilines is 1. The SMILES string of the molecule is CCCC=C(N)Nc1c(C)c(CCCCC2CCCN(C)C2)nn1-c1ccccc1. The number of piperidine rings is 1. The highest BCUT2D eigenvalue weighted by atomic mass is 15.3. The van der Waals surface area contributed by atoms with Crippen LogP contribution in [0, 0.1) is 12.8 Å². The lowest BCUT2D eigenvalue weighted by molar-refractivity contribution is 0.199. The van der Waals surface area contributed by atoms with E-state index in [1.54, 1.807) is 0 Å². The summed E-state index contributed by atoms with van der Waals surface area (Å²) in [5, 5.41) is 8.39. The molecular weight excluding hydrogens is 370 g/mol. The van der Waals surface area contributed by atoms with Crippen LogP contribution < -0.4 is 11.1 Å². The minimum Gasteiger partial charge on any atom is -0.385 e. The summed E-state index contributed by atoms with van der Waals surface area (Å²) in [7, 11) is 2.25. The number of para-hydroxylation sites is 1. The molecule has 164 valence electrons. The lowest BCUT2D eigenvalue weighted by Crippen LogP contribution is -2.31. The molecule has 2 aromatic rings. The van der Waals surface area contributed by atoms with E-state index in [0.717, 1.165) is 36.7 Å². The van der Waals surface area contributed by atoms with Gasteiger partial charge in [0.15, 0.2) is 0 Å². The van der Waals surface area contributed by atoms with Crippen molar-refractivity contribution in [2.45, 2.75) is 65.2 Å². The summed E-state index contributed by atoms with van der Waals surface area (Å²) in [6.45, 7) is 6.84. The molecule has 3 N–H and O–H groups in total. The number of unbranched alkanes of at least 4 members (excludes halogenated alkanes) is 2. The molecule has 1 aliphatic rings. The lowest BCUT2D eigenvalue weighted by Gasteiger charge is -2.29. The molecule has 1 saturated heterocycles. The predicted molar refractivity (Wildman–Crippen MR) is 127 cm³/mol. The fourth-order valence-corrected chi connectivity index (χ4v) is 4.40. The first kappa shape index (κ1) is 22.4. The Morgan fingerprint density at radius 1 is 1.27 bits per heavy atom. The summed E-state index contributed by atoms with van der Waals surface area (Å²) in [5.74, 6) is 2.55. The van der Waals surface area contributed by atoms with Crippen molar-refractivity contribution in [1.82, 2.24) is 14.7 Å². The summed E-state index contributed by atoms with van der Waals surface area (Å²) in [4.78, 5) is 2.48. The molecule has 1 aliphatic heterocycles. The van der Waals surface area contributed by atoms with Crippen LogP contribution in [0.5, 0.6) is 0 Å². The Hall–Kier alpha value is -2.27. The highest BCUT2D eigenvalue weighted by molar-refractivity contribution is 5.55. The number of nitrogens with zero attached hydrogens (tertiary/aromatic N) is 3. The minimum absolute atomic E-state index is 0.699. The van der Waals surface area contributed by atoms with Gasteiger partial charge in [-0.2, -0.15) is 5.10 Å². The summed E-state index contributed by atoms with van der Waals surface area (Å²) >= 11 is 0. The predicted octanol–water partition coefficient (Wildman–Crippen LogP) is 5.25. The van der Waals surface area contributed by atoms with Crippen LogP contribution in [0.15, 0.2) is 42.2 Å². The highest BCUT2D eigenvalue weighted by Crippen LogP contribution is 2.26. The van der Waals surface area contributed by atoms with Crippen LogP contribution in [-0.2, 0) is 6.42 Å². The van der Waals surface area contributed by atoms with Gasteiger partial charge in [0.25, 0.3) is 0 Å². The van der Waals surface area contributed by atoms with E-state index in [1.165, 1.54) is 56.5 Å². The van der Waals surface area contributed by atoms with Crippen LogP contribution in [0.2, 0.25) is 0 Å². The van der Waals surface area contributed by atoms with Crippen molar-refractivity contribution >= 4 is 5.82 Å². The van der Waals surface area contributed by atoms with Crippen LogP contribution in [0.25, 0.3) is 5.69 Å². The van der Waals surface area contributed by atoms with Crippen molar-refractivity contribution in [3.8, 4) is 5.69 Å². The summed E-state index contributed by atoms with van der Waals surface area (Å²) in [6, 6.07) is 10.3. The van der Waals surface area contributed by atoms with Crippen molar-refractivity contribution in [2.24, 2.45) is 11.7 Å². The monoisotopic (exact) mass is 409 g/mol. The van der Waals surface area contributed by atoms with Gasteiger partial charge in [-0.15, -0.1) is 0 Å². The van der Waals surface area contributed by atoms with Crippen molar-refractivity contribution in [3.63, 3.8) is 0 Å². The van der Waals surface area contributed by atoms with Crippen LogP contribution in [0.4, 0.5) is 5.82 Å². The molecule has 5 heteroatoms. The van der Waals surface area contributed by atoms with Gasteiger partial charge < -0.3 is 16.0 Å². The standard InChI is InChI=1S/C25H39N5/c1-4-5-17-24(26)27-25-20(2)23(28-30(25)22-14-7-6-8-15-22)16-10-9-12-21-13-11-18-29(3)19-21/h6-8,14-15,17,21,27H,4-5,9-13,16,18-19,26H2,1-3H3. The van der Waals surface area contributed by atoms with Gasteiger partial charge in [0.05, 0.1) is 17.2 Å². The van der Waals surface area contributed by atoms with Crippen molar-refractivity contribution in [1.29, 1.82) is 0 Å². The van der Waals surface area contributed by atoms with Crippen molar-refractivity contribution in [3.05, 3.63) is 53.5 Å². The van der Waals surface area contributed by atoms with Gasteiger partial charge in [-0.1, -0.05) is 38.0 Å². The largest absolute Gasteiger partial charge is 0.385 e. The summed E-state index contributed by atoms with van der Waals surface area (Å²) in [6.07, 6.45) is 11.7. The van der Waals surface area contributed by atoms with E-state index in [-0.39, 0.29) is 0 Å². The van der Waals surface area contributed by atoms with Gasteiger partial charge in [-0.3, -0.25) is 0 Å². The molecule has 0 aliphatic carbocycles. The summed E-state index contributed by atoms with van der Waals surface area (Å²) in [5.41, 5.74) is 9.67. The number of likely N-dealkylation sites (tertiary alicyclic amines) is 1. The second-order valence-corrected chi connectivity index (χ2v) is 8.76. The zero-order valence-electron chi connectivity index (χ0n) is 19.0. The molecular formula is C25H39N5. The number of allylic oxidation sites excluding steroid dienone is 1. The zero-order valence-corrected chi connectivity index (χ0v) is 19.0. The maximum atomic E-state index is 6.24. The normalized spacial score (nSPS) is 18.0. The Balaban J connectivity index is 1.68. The molecule has 2 heterocycles. The Morgan fingerprint density at radius 3 is 2.80 bits per heavy atom. The zero-order chi connectivity index (χ0) is 21.3. The average molecular weight is 410 g/mol. The van der Waals surface area contributed by atoms with Crippen LogP contribution in [0.3, 0.4) is 0 Å². The van der Waals surface area contributed by atoms with E-state index >= 15 is 0 Å². The van der Waals surface area contributed by atoms with E-state index in [9.17, 15) is 0 Å². The minimum atomic E-state index is 0.699. The van der Waals surface area contributed by atoms with Crippen molar-refractivity contribution in [2.75, 3.05) is 25.5 Å². The highest BCUT2D eigenvalue weighted by Gasteiger charge is 2.18. The number of aromatic nitrogens is 2. The molecule has 0 spiro atoms. The Labute approximate surface area is 182 Å². The van der Waals surface area contributed by atoms with Gasteiger partial charge >= 0.3 is 0 Å². The van der Waals surface area contributed by atoms with E-state index in [0.29, 0.717) is 5.82 Å². The van der Waals surface area contributed by atoms with Crippen LogP contribution in [-0.4, -0.2) is 34.8 Å². The molecule has 5 nitrogen and oxygen atoms in total. The first-order chi connectivity index (χ1) is 14.6. The number of nitrogens with one attached hydrogen (secondary N) is 1. The van der Waals surface area contributed by atoms with Gasteiger partial charge in [-0.25, -0.2) is 4.68 Å². The molecule has 0 amide bonds. The molecule has 1 aromatic carbocycles. The number of benzene rings is 1. The third kappa shape index (κ3) is 6.11. The fraction of sp³-hybridized carbons (Fsp3) is 0.560. The fourth-order valence-electron chi connectivity index (χ4n) is 4.40. The Morgan fingerprint density at radius 2 is 2.07 bits per heavy atom. The van der Waals surface area contributed by atoms with E-state index in [2.05, 4.69) is 49.3 Å². The molecule has 0 saturated carbocycles. The van der Waals surface area contributed by atoms with Crippen molar-refractivity contribution < 1.29 is 0 Å². The molecule has 0 bridgehead atoms. The van der Waals surface area contributed by atoms with E-state index in [4.69, 9.17) is 10.8 Å². The smallest absolute Gasteiger partial charge is 0.138 e. The second-order valence-electron chi connectivity index (χ2n) is 8.76. The topological polar surface area (TPSA) is 59.1 Å². The maximum absolute atomic E-state index is 6.24. The van der Waals surface area contributed by atoms with Gasteiger partial charge in [-0.05, 0) is 83.2 Å². The Bertz CT molecular complexity index is 808. The quantitative estimate of drug-likeness (QED) is 0.526. The third-order valence-corrected chi connectivity index (χ3v) is 6.14. The molecule has 3 rings (SSSR count). The number of nitrogens with two attached hydrogens (primary N) is 1. The van der Waals surface area contributed by atoms with Gasteiger partial charge in [0.2, 0.25) is 0 Å². The Kier molecular flexibility index (Phi) is 8.38. The second kappa shape index (κ2) is 11.2. The van der Waals surface area contributed by atoms with Gasteiger partial charge in [0, 0.05) is 12.1 Å². The first-order valence-electron chi connectivity index (χ1n) is 11.6. The first-order valence-corrected chi connectivity index (χ1v) is 11.6. The third-order valence-electron chi connectivity index (χ3n) is 6.14. The molecule has 1 atom stereocenters. The van der Waals surface area contributed by atoms with Crippen LogP contribution >= 0.6 is 0 Å². The number of rotatable bonds is 10. The van der Waals surface area contributed by atoms with E-state index in [1.807, 2.05) is 22.9 Å². The molecule has 1 aromatic heterocycles. The maximum Gasteiger partial charge on any atom is 0.138 e. The molecule has 1 fully saturated rings. The molecule has 30 heavy (non-hydrogen) atoms. The summed E-state index contributed by atoms with van der Waals surface area (Å²) < 4.78 is 2.01.